The molecule has 1 fully saturated rings. The summed E-state index contributed by atoms with van der Waals surface area (Å²) in [5.41, 5.74) is 9.57. The third-order valence-corrected chi connectivity index (χ3v) is 5.24. The molecule has 1 saturated carbocycles. The summed E-state index contributed by atoms with van der Waals surface area (Å²) in [5.74, 6) is -4.69. The molecule has 154 valence electrons. The average Bonchev–Trinajstić information content (AvgIpc) is 2.57. The predicted octanol–water partition coefficient (Wildman–Crippen LogP) is 2.40. The Balaban J connectivity index is 2.86. The highest BCUT2D eigenvalue weighted by atomic mass is 16.7. The molecule has 8 heteroatoms. The molecule has 0 aromatic rings. The molecule has 1 aliphatic carbocycles. The summed E-state index contributed by atoms with van der Waals surface area (Å²) < 4.78 is 0. The quantitative estimate of drug-likeness (QED) is 0.254. The number of amidine groups is 1. The Bertz CT molecular complexity index is 562. The number of carboxylic acids is 1. The number of hydrogen-bond donors (Lipinski definition) is 3. The number of carbonyl (C=O) groups excluding carboxylic acids is 2. The number of nitrogens with two attached hydrogens (primary N) is 2. The first-order chi connectivity index (χ1) is 12.5. The molecule has 1 aliphatic rings. The summed E-state index contributed by atoms with van der Waals surface area (Å²) in [6.07, 6.45) is 8.21. The van der Waals surface area contributed by atoms with Gasteiger partial charge in [-0.25, -0.2) is 4.79 Å². The van der Waals surface area contributed by atoms with Crippen molar-refractivity contribution in [2.45, 2.75) is 72.1 Å². The van der Waals surface area contributed by atoms with Crippen LogP contribution >= 0.6 is 0 Å². The molecule has 8 nitrogen and oxygen atoms in total. The number of hydrogen-bond acceptors (Lipinski definition) is 5. The van der Waals surface area contributed by atoms with Crippen molar-refractivity contribution in [3.05, 3.63) is 0 Å². The van der Waals surface area contributed by atoms with E-state index in [4.69, 9.17) is 16.3 Å². The molecule has 0 saturated heterocycles. The summed E-state index contributed by atoms with van der Waals surface area (Å²) in [7, 11) is 0. The third kappa shape index (κ3) is 7.56. The number of primary amides is 1. The van der Waals surface area contributed by atoms with E-state index < -0.39 is 40.9 Å². The molecule has 0 heterocycles. The Morgan fingerprint density at radius 1 is 1.15 bits per heavy atom. The van der Waals surface area contributed by atoms with Gasteiger partial charge in [-0.3, -0.25) is 9.59 Å². The smallest absolute Gasteiger partial charge is 0.339 e. The molecule has 27 heavy (non-hydrogen) atoms. The van der Waals surface area contributed by atoms with E-state index in [-0.39, 0.29) is 0 Å². The molecule has 1 unspecified atom stereocenters. The van der Waals surface area contributed by atoms with Crippen molar-refractivity contribution in [3.63, 3.8) is 0 Å². The highest BCUT2D eigenvalue weighted by Crippen LogP contribution is 2.37. The van der Waals surface area contributed by atoms with Crippen LogP contribution in [0.15, 0.2) is 5.16 Å². The van der Waals surface area contributed by atoms with Crippen molar-refractivity contribution in [2.24, 2.45) is 39.8 Å². The maximum Gasteiger partial charge on any atom is 0.339 e. The van der Waals surface area contributed by atoms with Gasteiger partial charge < -0.3 is 21.4 Å². The molecule has 0 aromatic carbocycles. The fourth-order valence-corrected chi connectivity index (χ4v) is 3.88. The van der Waals surface area contributed by atoms with Gasteiger partial charge in [0.05, 0.1) is 11.8 Å². The van der Waals surface area contributed by atoms with E-state index in [9.17, 15) is 19.5 Å². The largest absolute Gasteiger partial charge is 0.481 e. The van der Waals surface area contributed by atoms with E-state index in [0.29, 0.717) is 12.3 Å². The van der Waals surface area contributed by atoms with Gasteiger partial charge in [0, 0.05) is 0 Å². The van der Waals surface area contributed by atoms with Crippen LogP contribution in [-0.4, -0.2) is 28.8 Å². The van der Waals surface area contributed by atoms with Crippen molar-refractivity contribution >= 4 is 23.7 Å². The summed E-state index contributed by atoms with van der Waals surface area (Å²) in [6, 6.07) is 0. The SMILES string of the molecule is CC(C)(C)C(C(=O)O)[C@@H](CCCC1CCCCC1)C(=O)ON=C(N)C(N)=O. The zero-order valence-corrected chi connectivity index (χ0v) is 16.6. The molecule has 0 spiro atoms. The van der Waals surface area contributed by atoms with Crippen LogP contribution in [0.2, 0.25) is 0 Å². The van der Waals surface area contributed by atoms with E-state index in [2.05, 4.69) is 5.16 Å². The van der Waals surface area contributed by atoms with Crippen LogP contribution in [0, 0.1) is 23.2 Å². The summed E-state index contributed by atoms with van der Waals surface area (Å²) >= 11 is 0. The Morgan fingerprint density at radius 3 is 2.22 bits per heavy atom. The van der Waals surface area contributed by atoms with Crippen LogP contribution in [0.5, 0.6) is 0 Å². The monoisotopic (exact) mass is 383 g/mol. The zero-order chi connectivity index (χ0) is 20.6. The van der Waals surface area contributed by atoms with Crippen LogP contribution < -0.4 is 11.5 Å². The normalized spacial score (nSPS) is 18.6. The number of carboxylic acid groups (broad SMARTS) is 1. The second-order valence-electron chi connectivity index (χ2n) is 8.47. The van der Waals surface area contributed by atoms with Crippen molar-refractivity contribution in [1.29, 1.82) is 0 Å². The van der Waals surface area contributed by atoms with Crippen LogP contribution in [0.1, 0.15) is 72.1 Å². The van der Waals surface area contributed by atoms with Gasteiger partial charge in [-0.1, -0.05) is 70.9 Å². The molecule has 1 amide bonds. The lowest BCUT2D eigenvalue weighted by Gasteiger charge is -2.32. The maximum absolute atomic E-state index is 12.5. The van der Waals surface area contributed by atoms with Gasteiger partial charge in [0.2, 0.25) is 5.84 Å². The lowest BCUT2D eigenvalue weighted by atomic mass is 9.71. The number of oxime groups is 1. The average molecular weight is 383 g/mol. The van der Waals surface area contributed by atoms with Gasteiger partial charge in [0.15, 0.2) is 0 Å². The minimum atomic E-state index is -1.06. The Labute approximate surface area is 160 Å². The summed E-state index contributed by atoms with van der Waals surface area (Å²) in [5, 5.41) is 12.9. The van der Waals surface area contributed by atoms with E-state index in [1.807, 2.05) is 0 Å². The second-order valence-corrected chi connectivity index (χ2v) is 8.47. The highest BCUT2D eigenvalue weighted by Gasteiger charge is 2.42. The number of nitrogens with zero attached hydrogens (tertiary/aromatic N) is 1. The van der Waals surface area contributed by atoms with Gasteiger partial charge in [-0.15, -0.1) is 0 Å². The van der Waals surface area contributed by atoms with E-state index in [0.717, 1.165) is 12.8 Å². The van der Waals surface area contributed by atoms with Crippen molar-refractivity contribution in [3.8, 4) is 0 Å². The number of carbonyl (C=O) groups is 3. The Hall–Kier alpha value is -2.12. The van der Waals surface area contributed by atoms with Gasteiger partial charge in [0.1, 0.15) is 0 Å². The molecule has 2 atom stereocenters. The number of aliphatic carboxylic acids is 1. The van der Waals surface area contributed by atoms with Crippen molar-refractivity contribution < 1.29 is 24.3 Å². The van der Waals surface area contributed by atoms with E-state index in [1.54, 1.807) is 20.8 Å². The lowest BCUT2D eigenvalue weighted by Crippen LogP contribution is -2.40. The Kier molecular flexibility index (Phi) is 8.72. The zero-order valence-electron chi connectivity index (χ0n) is 16.6. The van der Waals surface area contributed by atoms with Crippen LogP contribution in [0.25, 0.3) is 0 Å². The van der Waals surface area contributed by atoms with E-state index in [1.165, 1.54) is 32.1 Å². The molecule has 0 radical (unpaired) electrons. The molecule has 0 bridgehead atoms. The highest BCUT2D eigenvalue weighted by molar-refractivity contribution is 6.36. The molecular formula is C19H33N3O5. The molecular weight excluding hydrogens is 350 g/mol. The van der Waals surface area contributed by atoms with Crippen LogP contribution in [0.3, 0.4) is 0 Å². The first kappa shape index (κ1) is 22.9. The maximum atomic E-state index is 12.5. The van der Waals surface area contributed by atoms with Gasteiger partial charge >= 0.3 is 11.9 Å². The van der Waals surface area contributed by atoms with Crippen molar-refractivity contribution in [2.75, 3.05) is 0 Å². The first-order valence-electron chi connectivity index (χ1n) is 9.61. The predicted molar refractivity (Wildman–Crippen MR) is 101 cm³/mol. The lowest BCUT2D eigenvalue weighted by molar-refractivity contribution is -0.162. The summed E-state index contributed by atoms with van der Waals surface area (Å²) in [4.78, 5) is 40.1. The van der Waals surface area contributed by atoms with Gasteiger partial charge in [-0.2, -0.15) is 0 Å². The molecule has 1 rings (SSSR count). The van der Waals surface area contributed by atoms with Gasteiger partial charge in [-0.05, 0) is 17.8 Å². The van der Waals surface area contributed by atoms with Crippen molar-refractivity contribution in [1.82, 2.24) is 0 Å². The fourth-order valence-electron chi connectivity index (χ4n) is 3.88. The number of rotatable bonds is 8. The minimum absolute atomic E-state index is 0.384. The standard InChI is InChI=1S/C19H33N3O5/c1-19(2,3)14(17(24)25)13(18(26)27-22-15(20)16(21)23)11-7-10-12-8-5-4-6-9-12/h12-14H,4-11H2,1-3H3,(H2,20,22)(H2,21,23)(H,24,25)/t13-,14?/m1/s1. The first-order valence-corrected chi connectivity index (χ1v) is 9.61. The molecule has 0 aliphatic heterocycles. The minimum Gasteiger partial charge on any atom is -0.481 e. The van der Waals surface area contributed by atoms with Crippen LogP contribution in [-0.2, 0) is 19.2 Å². The Morgan fingerprint density at radius 2 is 1.74 bits per heavy atom. The van der Waals surface area contributed by atoms with Crippen LogP contribution in [0.4, 0.5) is 0 Å². The summed E-state index contributed by atoms with van der Waals surface area (Å²) in [6.45, 7) is 5.32. The topological polar surface area (TPSA) is 145 Å². The molecule has 5 N–H and O–H groups in total. The second kappa shape index (κ2) is 10.3. The fraction of sp³-hybridized carbons (Fsp3) is 0.789. The number of amides is 1. The third-order valence-electron chi connectivity index (χ3n) is 5.24. The molecule has 0 aromatic heterocycles. The van der Waals surface area contributed by atoms with Gasteiger partial charge in [0.25, 0.3) is 5.91 Å². The van der Waals surface area contributed by atoms with E-state index >= 15 is 0 Å².